The van der Waals surface area contributed by atoms with E-state index in [0.29, 0.717) is 5.69 Å². The Hall–Kier alpha value is -2.14. The number of fused-ring (bicyclic) bond motifs is 1. The summed E-state index contributed by atoms with van der Waals surface area (Å²) >= 11 is 0. The highest BCUT2D eigenvalue weighted by Crippen LogP contribution is 2.23. The van der Waals surface area contributed by atoms with Crippen LogP contribution in [0.3, 0.4) is 0 Å². The van der Waals surface area contributed by atoms with Gasteiger partial charge in [-0.25, -0.2) is 0 Å². The molecule has 2 N–H and O–H groups in total. The highest BCUT2D eigenvalue weighted by atomic mass is 16.3. The third-order valence-corrected chi connectivity index (χ3v) is 3.33. The minimum Gasteiger partial charge on any atom is -0.394 e. The fourth-order valence-electron chi connectivity index (χ4n) is 2.02. The van der Waals surface area contributed by atoms with Crippen LogP contribution in [0.15, 0.2) is 30.5 Å². The van der Waals surface area contributed by atoms with Crippen molar-refractivity contribution in [2.75, 3.05) is 25.6 Å². The van der Waals surface area contributed by atoms with E-state index in [4.69, 9.17) is 0 Å². The van der Waals surface area contributed by atoms with Crippen LogP contribution in [-0.2, 0) is 0 Å². The van der Waals surface area contributed by atoms with Gasteiger partial charge in [-0.2, -0.15) is 0 Å². The monoisotopic (exact) mass is 287 g/mol. The van der Waals surface area contributed by atoms with Crippen LogP contribution in [0.2, 0.25) is 0 Å². The Bertz CT molecular complexity index is 666. The number of anilines is 1. The first-order chi connectivity index (χ1) is 9.84. The number of benzene rings is 1. The Morgan fingerprint density at radius 3 is 2.67 bits per heavy atom. The number of hydrogen-bond acceptors (Lipinski definition) is 4. The number of aromatic nitrogens is 1. The van der Waals surface area contributed by atoms with Gasteiger partial charge in [-0.3, -0.25) is 9.78 Å². The first kappa shape index (κ1) is 15.3. The van der Waals surface area contributed by atoms with Crippen molar-refractivity contribution in [1.29, 1.82) is 0 Å². The van der Waals surface area contributed by atoms with Crippen LogP contribution in [-0.4, -0.2) is 42.2 Å². The predicted octanol–water partition coefficient (Wildman–Crippen LogP) is 1.80. The van der Waals surface area contributed by atoms with Crippen molar-refractivity contribution >= 4 is 22.4 Å². The lowest BCUT2D eigenvalue weighted by molar-refractivity contribution is 0.0866. The summed E-state index contributed by atoms with van der Waals surface area (Å²) in [5.74, 6) is -0.282. The largest absolute Gasteiger partial charge is 0.394 e. The number of carbonyl (C=O) groups is 1. The van der Waals surface area contributed by atoms with Crippen LogP contribution >= 0.6 is 0 Å². The molecule has 0 radical (unpaired) electrons. The van der Waals surface area contributed by atoms with Gasteiger partial charge in [-0.15, -0.1) is 0 Å². The summed E-state index contributed by atoms with van der Waals surface area (Å²) in [6.45, 7) is 3.40. The molecule has 0 saturated carbocycles. The van der Waals surface area contributed by atoms with E-state index in [9.17, 15) is 9.90 Å². The minimum atomic E-state index is -0.680. The van der Waals surface area contributed by atoms with Gasteiger partial charge < -0.3 is 15.3 Å². The zero-order valence-electron chi connectivity index (χ0n) is 12.8. The van der Waals surface area contributed by atoms with Gasteiger partial charge in [0.25, 0.3) is 5.91 Å². The van der Waals surface area contributed by atoms with Crippen molar-refractivity contribution in [2.24, 2.45) is 0 Å². The molecule has 0 aliphatic carbocycles. The molecule has 1 aromatic carbocycles. The molecular weight excluding hydrogens is 266 g/mol. The van der Waals surface area contributed by atoms with Crippen molar-refractivity contribution in [3.63, 3.8) is 0 Å². The van der Waals surface area contributed by atoms with Crippen molar-refractivity contribution in [3.05, 3.63) is 36.2 Å². The third-order valence-electron chi connectivity index (χ3n) is 3.33. The van der Waals surface area contributed by atoms with Crippen molar-refractivity contribution in [3.8, 4) is 0 Å². The molecule has 0 aliphatic heterocycles. The Kier molecular flexibility index (Phi) is 4.14. The zero-order chi connectivity index (χ0) is 15.6. The van der Waals surface area contributed by atoms with E-state index in [-0.39, 0.29) is 12.5 Å². The maximum atomic E-state index is 12.4. The number of hydrogen-bond donors (Lipinski definition) is 2. The highest BCUT2D eigenvalue weighted by molar-refractivity contribution is 6.06. The molecular formula is C16H21N3O2. The molecule has 0 fully saturated rings. The summed E-state index contributed by atoms with van der Waals surface area (Å²) in [4.78, 5) is 18.6. The topological polar surface area (TPSA) is 65.5 Å². The van der Waals surface area contributed by atoms with E-state index >= 15 is 0 Å². The zero-order valence-corrected chi connectivity index (χ0v) is 12.8. The lowest BCUT2D eigenvalue weighted by Gasteiger charge is -2.23. The second-order valence-electron chi connectivity index (χ2n) is 5.96. The van der Waals surface area contributed by atoms with Gasteiger partial charge in [0.05, 0.1) is 12.1 Å². The molecule has 0 bridgehead atoms. The molecule has 1 amide bonds. The number of pyridine rings is 1. The van der Waals surface area contributed by atoms with Gasteiger partial charge in [0.15, 0.2) is 0 Å². The summed E-state index contributed by atoms with van der Waals surface area (Å²) in [7, 11) is 3.90. The van der Waals surface area contributed by atoms with Crippen LogP contribution in [0.5, 0.6) is 0 Å². The average molecular weight is 287 g/mol. The smallest absolute Gasteiger partial charge is 0.271 e. The average Bonchev–Trinajstić information content (AvgIpc) is 2.45. The molecule has 0 spiro atoms. The molecule has 0 saturated heterocycles. The lowest BCUT2D eigenvalue weighted by Crippen LogP contribution is -2.46. The normalized spacial score (nSPS) is 11.5. The number of aliphatic hydroxyl groups is 1. The fourth-order valence-corrected chi connectivity index (χ4v) is 2.02. The molecule has 1 heterocycles. The van der Waals surface area contributed by atoms with E-state index in [1.54, 1.807) is 20.0 Å². The first-order valence-corrected chi connectivity index (χ1v) is 6.83. The fraction of sp³-hybridized carbons (Fsp3) is 0.375. The van der Waals surface area contributed by atoms with Crippen LogP contribution in [0, 0.1) is 0 Å². The minimum absolute atomic E-state index is 0.132. The van der Waals surface area contributed by atoms with Gasteiger partial charge in [0, 0.05) is 31.4 Å². The van der Waals surface area contributed by atoms with Gasteiger partial charge >= 0.3 is 0 Å². The standard InChI is InChI=1S/C16H21N3O2/c1-16(2,10-20)18-15(21)14-13-9-12(19(3)4)6-5-11(13)7-8-17-14/h5-9,20H,10H2,1-4H3,(H,18,21). The van der Waals surface area contributed by atoms with Crippen molar-refractivity contribution in [2.45, 2.75) is 19.4 Å². The Morgan fingerprint density at radius 1 is 1.33 bits per heavy atom. The Balaban J connectivity index is 2.48. The molecule has 0 unspecified atom stereocenters. The first-order valence-electron chi connectivity index (χ1n) is 6.83. The number of aliphatic hydroxyl groups excluding tert-OH is 1. The molecule has 1 aromatic heterocycles. The second-order valence-corrected chi connectivity index (χ2v) is 5.96. The summed E-state index contributed by atoms with van der Waals surface area (Å²) in [6.07, 6.45) is 1.62. The lowest BCUT2D eigenvalue weighted by atomic mass is 10.0. The number of rotatable bonds is 4. The number of carbonyl (C=O) groups excluding carboxylic acids is 1. The van der Waals surface area contributed by atoms with Gasteiger partial charge in [0.1, 0.15) is 5.69 Å². The van der Waals surface area contributed by atoms with Crippen LogP contribution in [0.25, 0.3) is 10.8 Å². The van der Waals surface area contributed by atoms with E-state index < -0.39 is 5.54 Å². The molecule has 5 heteroatoms. The van der Waals surface area contributed by atoms with E-state index in [0.717, 1.165) is 16.5 Å². The highest BCUT2D eigenvalue weighted by Gasteiger charge is 2.22. The second kappa shape index (κ2) is 5.69. The predicted molar refractivity (Wildman–Crippen MR) is 84.7 cm³/mol. The number of amides is 1. The number of nitrogens with zero attached hydrogens (tertiary/aromatic N) is 2. The molecule has 0 aliphatic rings. The number of nitrogens with one attached hydrogen (secondary N) is 1. The van der Waals surface area contributed by atoms with E-state index in [1.807, 2.05) is 43.3 Å². The summed E-state index contributed by atoms with van der Waals surface area (Å²) in [5, 5.41) is 13.8. The van der Waals surface area contributed by atoms with Crippen LogP contribution < -0.4 is 10.2 Å². The molecule has 2 rings (SSSR count). The SMILES string of the molecule is CN(C)c1ccc2ccnc(C(=O)NC(C)(C)CO)c2c1. The van der Waals surface area contributed by atoms with Gasteiger partial charge in [-0.05, 0) is 37.4 Å². The Morgan fingerprint density at radius 2 is 2.05 bits per heavy atom. The van der Waals surface area contributed by atoms with E-state index in [1.165, 1.54) is 0 Å². The molecule has 21 heavy (non-hydrogen) atoms. The molecule has 2 aromatic rings. The summed E-state index contributed by atoms with van der Waals surface area (Å²) < 4.78 is 0. The van der Waals surface area contributed by atoms with Crippen molar-refractivity contribution in [1.82, 2.24) is 10.3 Å². The van der Waals surface area contributed by atoms with Gasteiger partial charge in [0.2, 0.25) is 0 Å². The summed E-state index contributed by atoms with van der Waals surface area (Å²) in [6, 6.07) is 7.80. The van der Waals surface area contributed by atoms with Crippen LogP contribution in [0.4, 0.5) is 5.69 Å². The maximum absolute atomic E-state index is 12.4. The van der Waals surface area contributed by atoms with Gasteiger partial charge in [-0.1, -0.05) is 6.07 Å². The summed E-state index contributed by atoms with van der Waals surface area (Å²) in [5.41, 5.74) is 0.698. The molecule has 0 atom stereocenters. The van der Waals surface area contributed by atoms with Crippen LogP contribution in [0.1, 0.15) is 24.3 Å². The molecule has 112 valence electrons. The van der Waals surface area contributed by atoms with E-state index in [2.05, 4.69) is 10.3 Å². The maximum Gasteiger partial charge on any atom is 0.271 e. The third kappa shape index (κ3) is 3.31. The molecule has 5 nitrogen and oxygen atoms in total. The Labute approximate surface area is 124 Å². The van der Waals surface area contributed by atoms with Crippen molar-refractivity contribution < 1.29 is 9.90 Å². The quantitative estimate of drug-likeness (QED) is 0.900.